The number of aromatic nitrogens is 2. The second kappa shape index (κ2) is 14.5. The van der Waals surface area contributed by atoms with E-state index in [1.165, 1.54) is 6.08 Å². The summed E-state index contributed by atoms with van der Waals surface area (Å²) in [5, 5.41) is 16.5. The minimum absolute atomic E-state index is 0.278. The van der Waals surface area contributed by atoms with Gasteiger partial charge in [-0.15, -0.1) is 0 Å². The van der Waals surface area contributed by atoms with Crippen molar-refractivity contribution in [3.05, 3.63) is 31.0 Å². The molecule has 2 fully saturated rings. The largest absolute Gasteiger partial charge is 0.494 e. The highest BCUT2D eigenvalue weighted by molar-refractivity contribution is 6.02. The number of hydrogen-bond acceptors (Lipinski definition) is 11. The SMILES string of the molecule is C=CC(=O)Nc1cc(Nc2ncc(N3CCOCC3)c(NC)n2)c(OC)cc1N1CCN(C)CC1.O=C(O)C(F)(F)F. The van der Waals surface area contributed by atoms with Gasteiger partial charge in [-0.3, -0.25) is 4.79 Å². The first-order valence-electron chi connectivity index (χ1n) is 13.0. The van der Waals surface area contributed by atoms with Crippen LogP contribution in [0.3, 0.4) is 0 Å². The first kappa shape index (κ1) is 32.2. The number of nitrogens with zero attached hydrogens (tertiary/aromatic N) is 5. The quantitative estimate of drug-likeness (QED) is 0.333. The number of ether oxygens (including phenoxy) is 2. The summed E-state index contributed by atoms with van der Waals surface area (Å²) < 4.78 is 42.9. The second-order valence-electron chi connectivity index (χ2n) is 9.26. The van der Waals surface area contributed by atoms with Crippen molar-refractivity contribution in [2.75, 3.05) is 99.4 Å². The summed E-state index contributed by atoms with van der Waals surface area (Å²) in [5.74, 6) is -1.27. The third kappa shape index (κ3) is 8.59. The highest BCUT2D eigenvalue weighted by Gasteiger charge is 2.38. The maximum Gasteiger partial charge on any atom is 0.490 e. The highest BCUT2D eigenvalue weighted by atomic mass is 19.4. The number of morpholine rings is 1. The average molecular weight is 597 g/mol. The van der Waals surface area contributed by atoms with Crippen LogP contribution < -0.4 is 30.5 Å². The lowest BCUT2D eigenvalue weighted by atomic mass is 10.1. The summed E-state index contributed by atoms with van der Waals surface area (Å²) >= 11 is 0. The average Bonchev–Trinajstić information content (AvgIpc) is 2.98. The molecule has 0 atom stereocenters. The van der Waals surface area contributed by atoms with Crippen LogP contribution >= 0.6 is 0 Å². The molecule has 3 heterocycles. The highest BCUT2D eigenvalue weighted by Crippen LogP contribution is 2.39. The van der Waals surface area contributed by atoms with Crippen LogP contribution in [0.2, 0.25) is 0 Å². The van der Waals surface area contributed by atoms with Crippen molar-refractivity contribution < 1.29 is 37.3 Å². The van der Waals surface area contributed by atoms with Gasteiger partial charge in [0, 0.05) is 52.4 Å². The summed E-state index contributed by atoms with van der Waals surface area (Å²) in [6.07, 6.45) is -2.02. The molecule has 0 aliphatic carbocycles. The Morgan fingerprint density at radius 1 is 1.07 bits per heavy atom. The van der Waals surface area contributed by atoms with E-state index in [9.17, 15) is 18.0 Å². The van der Waals surface area contributed by atoms with Gasteiger partial charge in [0.2, 0.25) is 11.9 Å². The molecule has 0 unspecified atom stereocenters. The molecule has 0 spiro atoms. The van der Waals surface area contributed by atoms with Crippen LogP contribution in [0.5, 0.6) is 5.75 Å². The monoisotopic (exact) mass is 596 g/mol. The number of carbonyl (C=O) groups is 2. The first-order valence-corrected chi connectivity index (χ1v) is 13.0. The molecule has 2 aromatic rings. The molecule has 0 bridgehead atoms. The molecule has 4 rings (SSSR count). The smallest absolute Gasteiger partial charge is 0.490 e. The molecule has 13 nitrogen and oxygen atoms in total. The summed E-state index contributed by atoms with van der Waals surface area (Å²) in [6, 6.07) is 3.79. The fourth-order valence-corrected chi connectivity index (χ4v) is 4.20. The van der Waals surface area contributed by atoms with E-state index in [2.05, 4.69) is 54.2 Å². The van der Waals surface area contributed by atoms with Crippen molar-refractivity contribution in [3.63, 3.8) is 0 Å². The van der Waals surface area contributed by atoms with Gasteiger partial charge in [0.1, 0.15) is 5.75 Å². The van der Waals surface area contributed by atoms with Crippen molar-refractivity contribution in [2.24, 2.45) is 0 Å². The number of carboxylic acid groups (broad SMARTS) is 1. The number of rotatable bonds is 8. The van der Waals surface area contributed by atoms with Gasteiger partial charge in [-0.2, -0.15) is 18.2 Å². The lowest BCUT2D eigenvalue weighted by Crippen LogP contribution is -2.44. The predicted octanol–water partition coefficient (Wildman–Crippen LogP) is 2.62. The Morgan fingerprint density at radius 2 is 1.69 bits per heavy atom. The Labute approximate surface area is 241 Å². The van der Waals surface area contributed by atoms with Gasteiger partial charge in [-0.25, -0.2) is 9.78 Å². The molecule has 1 amide bonds. The van der Waals surface area contributed by atoms with Crippen LogP contribution in [-0.2, 0) is 14.3 Å². The molecule has 1 aromatic carbocycles. The number of nitrogens with one attached hydrogen (secondary N) is 3. The first-order chi connectivity index (χ1) is 20.0. The van der Waals surface area contributed by atoms with Gasteiger partial charge < -0.3 is 45.2 Å². The van der Waals surface area contributed by atoms with Crippen LogP contribution in [-0.4, -0.2) is 112 Å². The van der Waals surface area contributed by atoms with E-state index >= 15 is 0 Å². The number of carbonyl (C=O) groups excluding carboxylic acids is 1. The molecule has 1 aromatic heterocycles. The zero-order valence-corrected chi connectivity index (χ0v) is 23.6. The van der Waals surface area contributed by atoms with Crippen LogP contribution in [0.4, 0.5) is 47.7 Å². The zero-order valence-electron chi connectivity index (χ0n) is 23.6. The number of halogens is 3. The summed E-state index contributed by atoms with van der Waals surface area (Å²) in [6.45, 7) is 10.1. The van der Waals surface area contributed by atoms with Gasteiger partial charge in [0.15, 0.2) is 5.82 Å². The lowest BCUT2D eigenvalue weighted by molar-refractivity contribution is -0.192. The molecule has 230 valence electrons. The number of anilines is 6. The van der Waals surface area contributed by atoms with E-state index in [0.29, 0.717) is 36.3 Å². The van der Waals surface area contributed by atoms with Gasteiger partial charge >= 0.3 is 12.1 Å². The number of likely N-dealkylation sites (N-methyl/N-ethyl adjacent to an activating group) is 1. The summed E-state index contributed by atoms with van der Waals surface area (Å²) in [4.78, 5) is 37.1. The fourth-order valence-electron chi connectivity index (χ4n) is 4.20. The van der Waals surface area contributed by atoms with E-state index in [4.69, 9.17) is 19.4 Å². The normalized spacial score (nSPS) is 15.7. The topological polar surface area (TPSA) is 144 Å². The van der Waals surface area contributed by atoms with Crippen molar-refractivity contribution in [1.29, 1.82) is 0 Å². The van der Waals surface area contributed by atoms with Gasteiger partial charge in [-0.1, -0.05) is 6.58 Å². The number of piperazine rings is 1. The Morgan fingerprint density at radius 3 is 2.24 bits per heavy atom. The number of benzene rings is 1. The molecular weight excluding hydrogens is 561 g/mol. The number of amides is 1. The fraction of sp³-hybridized carbons (Fsp3) is 0.462. The number of alkyl halides is 3. The predicted molar refractivity (Wildman–Crippen MR) is 153 cm³/mol. The molecule has 0 saturated carbocycles. The van der Waals surface area contributed by atoms with Gasteiger partial charge in [0.05, 0.1) is 49.3 Å². The Kier molecular flexibility index (Phi) is 11.2. The maximum absolute atomic E-state index is 12.2. The van der Waals surface area contributed by atoms with Crippen LogP contribution in [0.1, 0.15) is 0 Å². The molecule has 2 aliphatic heterocycles. The zero-order chi connectivity index (χ0) is 30.9. The molecular formula is C26H35F3N8O5. The molecule has 42 heavy (non-hydrogen) atoms. The number of methoxy groups -OCH3 is 1. The third-order valence-electron chi connectivity index (χ3n) is 6.45. The minimum Gasteiger partial charge on any atom is -0.494 e. The molecule has 2 saturated heterocycles. The van der Waals surface area contributed by atoms with Crippen molar-refractivity contribution >= 4 is 46.4 Å². The Hall–Kier alpha value is -4.31. The van der Waals surface area contributed by atoms with E-state index < -0.39 is 12.1 Å². The lowest BCUT2D eigenvalue weighted by Gasteiger charge is -2.35. The van der Waals surface area contributed by atoms with Crippen LogP contribution in [0.25, 0.3) is 0 Å². The Balaban J connectivity index is 0.000000616. The van der Waals surface area contributed by atoms with E-state index in [0.717, 1.165) is 56.5 Å². The standard InChI is InChI=1S/C24H34N8O3.C2HF3O2/c1-5-22(33)27-17-14-18(21(34-4)15-19(17)31-8-6-30(3)7-9-31)28-24-26-16-20(23(25-2)29-24)32-10-12-35-13-11-32;3-2(4,5)1(6)7/h5,14-16H,1,6-13H2,2-4H3,(H,27,33)(H2,25,26,28,29);(H,6,7). The molecule has 4 N–H and O–H groups in total. The van der Waals surface area contributed by atoms with Gasteiger partial charge in [-0.05, 0) is 19.2 Å². The number of carboxylic acids is 1. The second-order valence-corrected chi connectivity index (χ2v) is 9.26. The van der Waals surface area contributed by atoms with E-state index in [-0.39, 0.29) is 5.91 Å². The van der Waals surface area contributed by atoms with Crippen LogP contribution in [0, 0.1) is 0 Å². The van der Waals surface area contributed by atoms with E-state index in [1.54, 1.807) is 13.3 Å². The maximum atomic E-state index is 12.2. The minimum atomic E-state index is -5.08. The number of hydrogen-bond donors (Lipinski definition) is 4. The van der Waals surface area contributed by atoms with Crippen LogP contribution in [0.15, 0.2) is 31.0 Å². The summed E-state index contributed by atoms with van der Waals surface area (Å²) in [7, 11) is 5.57. The molecule has 2 aliphatic rings. The number of aliphatic carboxylic acids is 1. The van der Waals surface area contributed by atoms with E-state index in [1.807, 2.05) is 19.2 Å². The van der Waals surface area contributed by atoms with Gasteiger partial charge in [0.25, 0.3) is 0 Å². The van der Waals surface area contributed by atoms with Crippen molar-refractivity contribution in [2.45, 2.75) is 6.18 Å². The van der Waals surface area contributed by atoms with Crippen molar-refractivity contribution in [3.8, 4) is 5.75 Å². The van der Waals surface area contributed by atoms with Crippen molar-refractivity contribution in [1.82, 2.24) is 14.9 Å². The third-order valence-corrected chi connectivity index (χ3v) is 6.45. The summed E-state index contributed by atoms with van der Waals surface area (Å²) in [5.41, 5.74) is 3.14. The molecule has 16 heteroatoms. The Bertz CT molecular complexity index is 1250. The molecule has 0 radical (unpaired) electrons.